The molecule has 0 radical (unpaired) electrons. The van der Waals surface area contributed by atoms with E-state index >= 15 is 0 Å². The Kier molecular flexibility index (Phi) is 59.0. The number of aliphatic hydroxyl groups excluding tert-OH is 1. The second-order valence-corrected chi connectivity index (χ2v) is 28.4. The summed E-state index contributed by atoms with van der Waals surface area (Å²) in [6, 6.07) is 0. The number of carbonyl (C=O) groups is 4. The molecule has 87 heavy (non-hydrogen) atoms. The predicted molar refractivity (Wildman–Crippen MR) is 349 cm³/mol. The molecule has 0 aliphatic heterocycles. The number of phosphoric ester groups is 2. The number of hydrogen-bond donors (Lipinski definition) is 3. The van der Waals surface area contributed by atoms with Crippen LogP contribution >= 0.6 is 15.6 Å². The van der Waals surface area contributed by atoms with Crippen molar-refractivity contribution < 1.29 is 80.2 Å². The lowest BCUT2D eigenvalue weighted by Crippen LogP contribution is -2.30. The normalized spacial score (nSPS) is 14.2. The number of phosphoric acid groups is 2. The maximum Gasteiger partial charge on any atom is 0.472 e. The summed E-state index contributed by atoms with van der Waals surface area (Å²) in [6.45, 7) is 9.49. The smallest absolute Gasteiger partial charge is 0.462 e. The van der Waals surface area contributed by atoms with Crippen molar-refractivity contribution in [3.05, 3.63) is 0 Å². The van der Waals surface area contributed by atoms with Gasteiger partial charge in [0.25, 0.3) is 0 Å². The van der Waals surface area contributed by atoms with Gasteiger partial charge in [-0.25, -0.2) is 9.13 Å². The minimum absolute atomic E-state index is 0.104. The van der Waals surface area contributed by atoms with E-state index in [0.29, 0.717) is 25.7 Å². The monoisotopic (exact) mass is 1280 g/mol. The molecule has 0 bridgehead atoms. The van der Waals surface area contributed by atoms with Gasteiger partial charge >= 0.3 is 39.5 Å². The van der Waals surface area contributed by atoms with Crippen molar-refractivity contribution in [3.8, 4) is 0 Å². The summed E-state index contributed by atoms with van der Waals surface area (Å²) in [5, 5.41) is 10.6. The summed E-state index contributed by atoms with van der Waals surface area (Å²) in [4.78, 5) is 72.4. The first-order valence-electron chi connectivity index (χ1n) is 35.5. The average molecular weight is 1280 g/mol. The molecule has 0 aromatic carbocycles. The summed E-state index contributed by atoms with van der Waals surface area (Å²) in [7, 11) is -9.89. The second-order valence-electron chi connectivity index (χ2n) is 25.5. The molecule has 0 rings (SSSR count). The number of hydrogen-bond acceptors (Lipinski definition) is 15. The van der Waals surface area contributed by atoms with Crippen LogP contribution in [0.25, 0.3) is 0 Å². The minimum atomic E-state index is -4.95. The van der Waals surface area contributed by atoms with Gasteiger partial charge < -0.3 is 33.8 Å². The molecule has 0 heterocycles. The molecule has 0 aromatic heterocycles. The molecule has 0 fully saturated rings. The zero-order valence-corrected chi connectivity index (χ0v) is 58.1. The zero-order chi connectivity index (χ0) is 64.3. The first-order valence-corrected chi connectivity index (χ1v) is 38.5. The quantitative estimate of drug-likeness (QED) is 0.0222. The molecule has 5 atom stereocenters. The molecule has 2 unspecified atom stereocenters. The number of unbranched alkanes of at least 4 members (excludes halogenated alkanes) is 37. The van der Waals surface area contributed by atoms with Gasteiger partial charge in [0.15, 0.2) is 12.2 Å². The summed E-state index contributed by atoms with van der Waals surface area (Å²) < 4.78 is 68.2. The highest BCUT2D eigenvalue weighted by atomic mass is 31.2. The fourth-order valence-electron chi connectivity index (χ4n) is 10.2. The van der Waals surface area contributed by atoms with Crippen molar-refractivity contribution in [3.63, 3.8) is 0 Å². The summed E-state index contributed by atoms with van der Waals surface area (Å²) in [5.41, 5.74) is 0. The predicted octanol–water partition coefficient (Wildman–Crippen LogP) is 19.2. The van der Waals surface area contributed by atoms with Crippen LogP contribution in [0.3, 0.4) is 0 Å². The van der Waals surface area contributed by atoms with Crippen LogP contribution in [-0.4, -0.2) is 96.7 Å². The number of esters is 4. The highest BCUT2D eigenvalue weighted by Crippen LogP contribution is 2.45. The van der Waals surface area contributed by atoms with Crippen molar-refractivity contribution in [1.29, 1.82) is 0 Å². The highest BCUT2D eigenvalue weighted by Gasteiger charge is 2.30. The molecule has 516 valence electrons. The maximum atomic E-state index is 13.0. The molecule has 0 saturated carbocycles. The molecular formula is C68H132O17P2. The van der Waals surface area contributed by atoms with Crippen molar-refractivity contribution in [2.24, 2.45) is 11.8 Å². The molecule has 0 amide bonds. The van der Waals surface area contributed by atoms with Crippen molar-refractivity contribution >= 4 is 39.5 Å². The van der Waals surface area contributed by atoms with Gasteiger partial charge in [0.2, 0.25) is 0 Å². The van der Waals surface area contributed by atoms with Crippen LogP contribution in [0.5, 0.6) is 0 Å². The average Bonchev–Trinajstić information content (AvgIpc) is 3.62. The van der Waals surface area contributed by atoms with Gasteiger partial charge in [0.1, 0.15) is 19.3 Å². The topological polar surface area (TPSA) is 237 Å². The molecular weight excluding hydrogens is 1150 g/mol. The molecule has 0 saturated heterocycles. The molecule has 17 nitrogen and oxygen atoms in total. The fraction of sp³-hybridized carbons (Fsp3) is 0.941. The van der Waals surface area contributed by atoms with E-state index in [1.807, 2.05) is 0 Å². The Morgan fingerprint density at radius 1 is 0.310 bits per heavy atom. The molecule has 3 N–H and O–H groups in total. The lowest BCUT2D eigenvalue weighted by Gasteiger charge is -2.21. The fourth-order valence-corrected chi connectivity index (χ4v) is 11.8. The Hall–Kier alpha value is -1.94. The summed E-state index contributed by atoms with van der Waals surface area (Å²) in [6.07, 6.45) is 44.4. The Morgan fingerprint density at radius 3 is 0.782 bits per heavy atom. The van der Waals surface area contributed by atoms with Crippen LogP contribution in [0.15, 0.2) is 0 Å². The summed E-state index contributed by atoms with van der Waals surface area (Å²) in [5.74, 6) is -0.633. The van der Waals surface area contributed by atoms with Crippen LogP contribution < -0.4 is 0 Å². The van der Waals surface area contributed by atoms with Crippen molar-refractivity contribution in [2.45, 2.75) is 362 Å². The number of rotatable bonds is 67. The number of carbonyl (C=O) groups excluding carboxylic acids is 4. The third-order valence-electron chi connectivity index (χ3n) is 15.7. The van der Waals surface area contributed by atoms with E-state index in [-0.39, 0.29) is 25.7 Å². The Morgan fingerprint density at radius 2 is 0.529 bits per heavy atom. The van der Waals surface area contributed by atoms with Crippen LogP contribution in [0, 0.1) is 11.8 Å². The molecule has 0 spiro atoms. The van der Waals surface area contributed by atoms with Crippen LogP contribution in [0.1, 0.15) is 343 Å². The van der Waals surface area contributed by atoms with E-state index in [0.717, 1.165) is 102 Å². The zero-order valence-electron chi connectivity index (χ0n) is 56.3. The van der Waals surface area contributed by atoms with Crippen molar-refractivity contribution in [2.75, 3.05) is 39.6 Å². The van der Waals surface area contributed by atoms with Gasteiger partial charge in [-0.1, -0.05) is 292 Å². The summed E-state index contributed by atoms with van der Waals surface area (Å²) >= 11 is 0. The van der Waals surface area contributed by atoms with E-state index in [2.05, 4.69) is 41.5 Å². The molecule has 0 aliphatic carbocycles. The van der Waals surface area contributed by atoms with Gasteiger partial charge in [0, 0.05) is 25.7 Å². The number of aliphatic hydroxyl groups is 1. The third kappa shape index (κ3) is 62.6. The van der Waals surface area contributed by atoms with Gasteiger partial charge in [-0.2, -0.15) is 0 Å². The van der Waals surface area contributed by atoms with E-state index in [1.165, 1.54) is 161 Å². The van der Waals surface area contributed by atoms with E-state index in [4.69, 9.17) is 37.0 Å². The lowest BCUT2D eigenvalue weighted by molar-refractivity contribution is -0.161. The minimum Gasteiger partial charge on any atom is -0.462 e. The lowest BCUT2D eigenvalue weighted by atomic mass is 10.0. The highest BCUT2D eigenvalue weighted by molar-refractivity contribution is 7.47. The SMILES string of the molecule is CCCCCCCCCCCCCCC(=O)OC[C@H](COP(=O)(O)OC[C@@H](O)COP(=O)(O)OC[C@@H](COC(=O)CCCCCCCCCCC)OC(=O)CCCCCCCCCCC(C)C)OC(=O)CCCCCCCCCCCCCCC(C)C. The van der Waals surface area contributed by atoms with Crippen molar-refractivity contribution in [1.82, 2.24) is 0 Å². The first kappa shape index (κ1) is 85.1. The van der Waals surface area contributed by atoms with E-state index < -0.39 is 97.5 Å². The first-order chi connectivity index (χ1) is 41.9. The number of ether oxygens (including phenoxy) is 4. The van der Waals surface area contributed by atoms with E-state index in [1.54, 1.807) is 0 Å². The van der Waals surface area contributed by atoms with Crippen LogP contribution in [0.2, 0.25) is 0 Å². The molecule has 0 aliphatic rings. The third-order valence-corrected chi connectivity index (χ3v) is 17.6. The molecule has 19 heteroatoms. The Bertz CT molecular complexity index is 1700. The van der Waals surface area contributed by atoms with Crippen LogP contribution in [-0.2, 0) is 65.4 Å². The standard InChI is InChI=1S/C68H132O17P2/c1-7-9-11-13-15-17-18-22-26-33-39-45-51-66(71)79-57-63(84-67(72)52-46-40-34-27-23-20-19-21-25-30-36-42-48-60(3)4)58-82-86(74,75)80-54-62(69)55-81-87(76,77)83-59-64(56-78-65(70)50-44-38-32-24-16-14-12-10-8-2)85-68(73)53-47-41-35-29-28-31-37-43-49-61(5)6/h60-64,69H,7-59H2,1-6H3,(H,74,75)(H,76,77)/t62-,63-,64-/m1/s1. The van der Waals surface area contributed by atoms with Gasteiger partial charge in [-0.3, -0.25) is 37.3 Å². The largest absolute Gasteiger partial charge is 0.472 e. The van der Waals surface area contributed by atoms with E-state index in [9.17, 15) is 43.2 Å². The molecule has 0 aromatic rings. The van der Waals surface area contributed by atoms with Gasteiger partial charge in [-0.05, 0) is 37.5 Å². The Balaban J connectivity index is 5.24. The van der Waals surface area contributed by atoms with Gasteiger partial charge in [-0.15, -0.1) is 0 Å². The van der Waals surface area contributed by atoms with Crippen LogP contribution in [0.4, 0.5) is 0 Å². The second kappa shape index (κ2) is 60.3. The Labute approximate surface area is 530 Å². The van der Waals surface area contributed by atoms with Gasteiger partial charge in [0.05, 0.1) is 26.4 Å². The maximum absolute atomic E-state index is 13.0.